The fourth-order valence-corrected chi connectivity index (χ4v) is 1.75. The van der Waals surface area contributed by atoms with Crippen molar-refractivity contribution in [1.82, 2.24) is 9.97 Å². The molecule has 1 aromatic carbocycles. The van der Waals surface area contributed by atoms with Gasteiger partial charge in [0.2, 0.25) is 11.8 Å². The lowest BCUT2D eigenvalue weighted by Crippen LogP contribution is -2.23. The van der Waals surface area contributed by atoms with Crippen LogP contribution in [0.1, 0.15) is 5.56 Å². The van der Waals surface area contributed by atoms with Gasteiger partial charge in [-0.15, -0.1) is 0 Å². The smallest absolute Gasteiger partial charge is 0.423 e. The monoisotopic (exact) mass is 369 g/mol. The van der Waals surface area contributed by atoms with Crippen molar-refractivity contribution in [2.24, 2.45) is 0 Å². The summed E-state index contributed by atoms with van der Waals surface area (Å²) in [6.07, 6.45) is -9.50. The van der Waals surface area contributed by atoms with Crippen molar-refractivity contribution in [2.45, 2.75) is 12.4 Å². The molecule has 0 N–H and O–H groups in total. The molecule has 25 heavy (non-hydrogen) atoms. The van der Waals surface area contributed by atoms with E-state index in [0.717, 1.165) is 12.1 Å². The highest BCUT2D eigenvalue weighted by molar-refractivity contribution is 5.56. The van der Waals surface area contributed by atoms with E-state index in [1.807, 2.05) is 0 Å². The molecule has 0 saturated heterocycles. The van der Waals surface area contributed by atoms with Crippen LogP contribution in [0, 0.1) is 5.82 Å². The van der Waals surface area contributed by atoms with Crippen molar-refractivity contribution in [3.05, 3.63) is 41.8 Å². The number of anilines is 2. The van der Waals surface area contributed by atoms with Gasteiger partial charge in [0, 0.05) is 18.9 Å². The van der Waals surface area contributed by atoms with Gasteiger partial charge in [-0.1, -0.05) is 0 Å². The number of ether oxygens (including phenoxy) is 1. The zero-order chi connectivity index (χ0) is 18.8. The largest absolute Gasteiger partial charge is 0.467 e. The summed E-state index contributed by atoms with van der Waals surface area (Å²) in [6, 6.07) is 4.78. The molecule has 0 saturated carbocycles. The third-order valence-electron chi connectivity index (χ3n) is 2.93. The molecule has 136 valence electrons. The number of nitrogens with zero attached hydrogens (tertiary/aromatic N) is 3. The molecule has 0 atom stereocenters. The standard InChI is InChI=1S/C14H10F7N3O/c1-24(9-4-2-8(15)3-5-9)12-22-6-10(14(19,20)21)11(23-12)25-7-13(16,17)18/h2-6H,7H2,1H3. The topological polar surface area (TPSA) is 38.2 Å². The second-order valence-corrected chi connectivity index (χ2v) is 4.83. The van der Waals surface area contributed by atoms with E-state index in [1.54, 1.807) is 0 Å². The van der Waals surface area contributed by atoms with Crippen LogP contribution in [0.25, 0.3) is 0 Å². The highest BCUT2D eigenvalue weighted by atomic mass is 19.4. The predicted octanol–water partition coefficient (Wildman–Crippen LogP) is 4.34. The van der Waals surface area contributed by atoms with Gasteiger partial charge in [0.1, 0.15) is 11.4 Å². The first-order chi connectivity index (χ1) is 11.5. The van der Waals surface area contributed by atoms with Crippen LogP contribution in [0.3, 0.4) is 0 Å². The van der Waals surface area contributed by atoms with Crippen LogP contribution in [-0.4, -0.2) is 29.8 Å². The molecule has 11 heteroatoms. The van der Waals surface area contributed by atoms with E-state index >= 15 is 0 Å². The lowest BCUT2D eigenvalue weighted by Gasteiger charge is -2.20. The Kier molecular flexibility index (Phi) is 5.04. The van der Waals surface area contributed by atoms with Crippen LogP contribution in [-0.2, 0) is 6.18 Å². The minimum Gasteiger partial charge on any atom is -0.467 e. The van der Waals surface area contributed by atoms with Crippen LogP contribution < -0.4 is 9.64 Å². The number of hydrogen-bond acceptors (Lipinski definition) is 4. The van der Waals surface area contributed by atoms with E-state index in [9.17, 15) is 30.7 Å². The van der Waals surface area contributed by atoms with Crippen LogP contribution in [0.2, 0.25) is 0 Å². The number of hydrogen-bond donors (Lipinski definition) is 0. The Hall–Kier alpha value is -2.59. The number of rotatable bonds is 4. The fraction of sp³-hybridized carbons (Fsp3) is 0.286. The maximum Gasteiger partial charge on any atom is 0.423 e. The fourth-order valence-electron chi connectivity index (χ4n) is 1.75. The van der Waals surface area contributed by atoms with Crippen LogP contribution >= 0.6 is 0 Å². The van der Waals surface area contributed by atoms with Gasteiger partial charge in [-0.05, 0) is 24.3 Å². The van der Waals surface area contributed by atoms with E-state index in [2.05, 4.69) is 14.7 Å². The summed E-state index contributed by atoms with van der Waals surface area (Å²) in [7, 11) is 1.35. The Labute approximate surface area is 136 Å². The van der Waals surface area contributed by atoms with Gasteiger partial charge in [0.25, 0.3) is 0 Å². The van der Waals surface area contributed by atoms with Crippen molar-refractivity contribution in [1.29, 1.82) is 0 Å². The van der Waals surface area contributed by atoms with Gasteiger partial charge in [-0.3, -0.25) is 0 Å². The van der Waals surface area contributed by atoms with E-state index < -0.39 is 36.2 Å². The minimum absolute atomic E-state index is 0.308. The van der Waals surface area contributed by atoms with Crippen molar-refractivity contribution in [3.8, 4) is 5.88 Å². The number of halogens is 7. The van der Waals surface area contributed by atoms with E-state index in [-0.39, 0.29) is 5.95 Å². The molecule has 0 amide bonds. The maximum atomic E-state index is 12.9. The number of aromatic nitrogens is 2. The number of alkyl halides is 6. The van der Waals surface area contributed by atoms with Crippen molar-refractivity contribution in [3.63, 3.8) is 0 Å². The van der Waals surface area contributed by atoms with Gasteiger partial charge in [-0.25, -0.2) is 9.37 Å². The molecule has 2 rings (SSSR count). The second kappa shape index (κ2) is 6.73. The average Bonchev–Trinajstić information content (AvgIpc) is 2.51. The Morgan fingerprint density at radius 1 is 1.04 bits per heavy atom. The Balaban J connectivity index is 2.38. The minimum atomic E-state index is -4.99. The Bertz CT molecular complexity index is 729. The molecule has 0 bridgehead atoms. The van der Waals surface area contributed by atoms with Crippen molar-refractivity contribution in [2.75, 3.05) is 18.6 Å². The Morgan fingerprint density at radius 3 is 2.16 bits per heavy atom. The summed E-state index contributed by atoms with van der Waals surface area (Å²) in [5.74, 6) is -2.14. The molecular weight excluding hydrogens is 359 g/mol. The van der Waals surface area contributed by atoms with Crippen molar-refractivity contribution < 1.29 is 35.5 Å². The molecule has 0 radical (unpaired) electrons. The van der Waals surface area contributed by atoms with E-state index in [0.29, 0.717) is 11.9 Å². The normalized spacial score (nSPS) is 12.2. The van der Waals surface area contributed by atoms with Crippen molar-refractivity contribution >= 4 is 11.6 Å². The van der Waals surface area contributed by atoms with Gasteiger partial charge in [-0.2, -0.15) is 31.3 Å². The third-order valence-corrected chi connectivity index (χ3v) is 2.93. The molecule has 1 heterocycles. The Morgan fingerprint density at radius 2 is 1.64 bits per heavy atom. The molecule has 0 aliphatic heterocycles. The van der Waals surface area contributed by atoms with Crippen LogP contribution in [0.15, 0.2) is 30.5 Å². The highest BCUT2D eigenvalue weighted by Crippen LogP contribution is 2.36. The summed E-state index contributed by atoms with van der Waals surface area (Å²) in [5, 5.41) is 0. The molecule has 4 nitrogen and oxygen atoms in total. The zero-order valence-electron chi connectivity index (χ0n) is 12.5. The predicted molar refractivity (Wildman–Crippen MR) is 73.0 cm³/mol. The lowest BCUT2D eigenvalue weighted by molar-refractivity contribution is -0.159. The maximum absolute atomic E-state index is 12.9. The molecule has 0 fully saturated rings. The SMILES string of the molecule is CN(c1ccc(F)cc1)c1ncc(C(F)(F)F)c(OCC(F)(F)F)n1. The molecule has 0 aliphatic carbocycles. The zero-order valence-corrected chi connectivity index (χ0v) is 12.5. The molecule has 1 aromatic heterocycles. The molecule has 0 unspecified atom stereocenters. The highest BCUT2D eigenvalue weighted by Gasteiger charge is 2.38. The summed E-state index contributed by atoms with van der Waals surface area (Å²) in [4.78, 5) is 8.08. The van der Waals surface area contributed by atoms with Crippen LogP contribution in [0.4, 0.5) is 42.4 Å². The molecule has 2 aromatic rings. The summed E-state index contributed by atoms with van der Waals surface area (Å²) >= 11 is 0. The number of benzene rings is 1. The first kappa shape index (κ1) is 18.7. The van der Waals surface area contributed by atoms with E-state index in [1.165, 1.54) is 24.1 Å². The van der Waals surface area contributed by atoms with Gasteiger partial charge < -0.3 is 9.64 Å². The lowest BCUT2D eigenvalue weighted by atomic mass is 10.3. The quantitative estimate of drug-likeness (QED) is 0.752. The van der Waals surface area contributed by atoms with Crippen LogP contribution in [0.5, 0.6) is 5.88 Å². The third kappa shape index (κ3) is 4.94. The molecular formula is C14H10F7N3O. The summed E-state index contributed by atoms with van der Waals surface area (Å²) in [5.41, 5.74) is -1.23. The first-order valence-electron chi connectivity index (χ1n) is 6.60. The first-order valence-corrected chi connectivity index (χ1v) is 6.60. The van der Waals surface area contributed by atoms with E-state index in [4.69, 9.17) is 0 Å². The summed E-state index contributed by atoms with van der Waals surface area (Å²) in [6.45, 7) is -1.94. The molecule has 0 spiro atoms. The second-order valence-electron chi connectivity index (χ2n) is 4.83. The summed E-state index contributed by atoms with van der Waals surface area (Å²) < 4.78 is 92.4. The van der Waals surface area contributed by atoms with Gasteiger partial charge in [0.15, 0.2) is 6.61 Å². The molecule has 0 aliphatic rings. The van der Waals surface area contributed by atoms with Gasteiger partial charge in [0.05, 0.1) is 0 Å². The average molecular weight is 369 g/mol. The van der Waals surface area contributed by atoms with Gasteiger partial charge >= 0.3 is 12.4 Å².